The number of ether oxygens (including phenoxy) is 2. The SMILES string of the molecule is O=C1C2=C(CC=C(O)C=C2O)OC(c2ccc(CO)c(OCC3=NC=C(O)CC=C3)c2)C1O. The Morgan fingerprint density at radius 2 is 2.00 bits per heavy atom. The van der Waals surface area contributed by atoms with Gasteiger partial charge in [-0.3, -0.25) is 9.79 Å². The molecule has 0 fully saturated rings. The molecule has 4 rings (SSSR count). The van der Waals surface area contributed by atoms with E-state index in [1.54, 1.807) is 30.4 Å². The van der Waals surface area contributed by atoms with E-state index in [0.29, 0.717) is 29.0 Å². The molecule has 1 aromatic carbocycles. The summed E-state index contributed by atoms with van der Waals surface area (Å²) < 4.78 is 11.7. The van der Waals surface area contributed by atoms with Crippen molar-refractivity contribution < 1.29 is 39.8 Å². The van der Waals surface area contributed by atoms with Crippen LogP contribution in [0.4, 0.5) is 0 Å². The van der Waals surface area contributed by atoms with E-state index in [9.17, 15) is 30.3 Å². The van der Waals surface area contributed by atoms with Crippen LogP contribution in [0, 0.1) is 0 Å². The third-order valence-electron chi connectivity index (χ3n) is 5.37. The normalized spacial score (nSPS) is 22.8. The number of hydrogen-bond acceptors (Lipinski definition) is 9. The average Bonchev–Trinajstić information content (AvgIpc) is 3.09. The molecule has 0 saturated carbocycles. The first-order chi connectivity index (χ1) is 15.9. The molecule has 33 heavy (non-hydrogen) atoms. The first-order valence-corrected chi connectivity index (χ1v) is 10.3. The number of benzene rings is 1. The molecule has 2 atom stereocenters. The summed E-state index contributed by atoms with van der Waals surface area (Å²) in [7, 11) is 0. The maximum atomic E-state index is 12.8. The van der Waals surface area contributed by atoms with Crippen LogP contribution in [0.2, 0.25) is 0 Å². The first kappa shape index (κ1) is 22.4. The van der Waals surface area contributed by atoms with E-state index in [2.05, 4.69) is 4.99 Å². The molecule has 2 unspecified atom stereocenters. The van der Waals surface area contributed by atoms with Gasteiger partial charge in [0.25, 0.3) is 0 Å². The van der Waals surface area contributed by atoms with Gasteiger partial charge in [-0.15, -0.1) is 0 Å². The number of rotatable bonds is 5. The minimum atomic E-state index is -1.60. The number of ketones is 1. The lowest BCUT2D eigenvalue weighted by Gasteiger charge is -2.31. The van der Waals surface area contributed by atoms with Crippen LogP contribution >= 0.6 is 0 Å². The average molecular weight is 453 g/mol. The Labute approximate surface area is 189 Å². The number of carbonyl (C=O) groups is 1. The van der Waals surface area contributed by atoms with Gasteiger partial charge in [0, 0.05) is 24.5 Å². The van der Waals surface area contributed by atoms with Gasteiger partial charge in [-0.1, -0.05) is 18.2 Å². The number of aliphatic hydroxyl groups excluding tert-OH is 5. The molecule has 1 aliphatic carbocycles. The molecule has 1 aromatic rings. The number of aliphatic hydroxyl groups is 5. The second kappa shape index (κ2) is 9.35. The van der Waals surface area contributed by atoms with Crippen molar-refractivity contribution in [2.24, 2.45) is 4.99 Å². The molecule has 0 spiro atoms. The number of Topliss-reactive ketones (excluding diaryl/α,β-unsaturated/α-hetero) is 1. The molecular weight excluding hydrogens is 430 g/mol. The molecule has 2 aliphatic heterocycles. The lowest BCUT2D eigenvalue weighted by atomic mass is 9.91. The zero-order valence-corrected chi connectivity index (χ0v) is 17.5. The Morgan fingerprint density at radius 3 is 2.79 bits per heavy atom. The minimum Gasteiger partial charge on any atom is -0.510 e. The van der Waals surface area contributed by atoms with Crippen LogP contribution in [0.5, 0.6) is 5.75 Å². The van der Waals surface area contributed by atoms with Gasteiger partial charge in [-0.25, -0.2) is 0 Å². The van der Waals surface area contributed by atoms with Crippen LogP contribution in [0.15, 0.2) is 82.3 Å². The Kier molecular flexibility index (Phi) is 6.34. The van der Waals surface area contributed by atoms with Gasteiger partial charge >= 0.3 is 0 Å². The van der Waals surface area contributed by atoms with Crippen molar-refractivity contribution >= 4 is 11.5 Å². The van der Waals surface area contributed by atoms with Gasteiger partial charge in [-0.05, 0) is 23.8 Å². The van der Waals surface area contributed by atoms with E-state index < -0.39 is 23.8 Å². The highest BCUT2D eigenvalue weighted by Crippen LogP contribution is 2.38. The standard InChI is InChI=1S/C24H23NO8/c26-11-14-5-4-13(8-20(14)32-12-15-2-1-3-17(28)10-25-15)24-23(31)22(30)21-18(29)9-16(27)6-7-19(21)33-24/h1-2,4-6,8-10,23-24,26-29,31H,3,7,11-12H2. The van der Waals surface area contributed by atoms with E-state index in [4.69, 9.17) is 9.47 Å². The van der Waals surface area contributed by atoms with Crippen molar-refractivity contribution in [2.45, 2.75) is 31.7 Å². The van der Waals surface area contributed by atoms with E-state index >= 15 is 0 Å². The van der Waals surface area contributed by atoms with Crippen LogP contribution in [0.3, 0.4) is 0 Å². The van der Waals surface area contributed by atoms with Crippen molar-refractivity contribution in [1.29, 1.82) is 0 Å². The molecule has 5 N–H and O–H groups in total. The van der Waals surface area contributed by atoms with Gasteiger partial charge in [0.05, 0.1) is 18.5 Å². The van der Waals surface area contributed by atoms with E-state index in [0.717, 1.165) is 6.08 Å². The highest BCUT2D eigenvalue weighted by molar-refractivity contribution is 6.03. The molecule has 172 valence electrons. The van der Waals surface area contributed by atoms with Crippen molar-refractivity contribution in [2.75, 3.05) is 6.61 Å². The third-order valence-corrected chi connectivity index (χ3v) is 5.37. The largest absolute Gasteiger partial charge is 0.510 e. The smallest absolute Gasteiger partial charge is 0.202 e. The summed E-state index contributed by atoms with van der Waals surface area (Å²) in [6.07, 6.45) is 4.96. The Bertz CT molecular complexity index is 1150. The van der Waals surface area contributed by atoms with Crippen molar-refractivity contribution in [3.8, 4) is 5.75 Å². The highest BCUT2D eigenvalue weighted by Gasteiger charge is 2.40. The third kappa shape index (κ3) is 4.69. The maximum Gasteiger partial charge on any atom is 0.202 e. The minimum absolute atomic E-state index is 0.0568. The van der Waals surface area contributed by atoms with Crippen LogP contribution in [0.25, 0.3) is 0 Å². The van der Waals surface area contributed by atoms with Gasteiger partial charge in [0.1, 0.15) is 41.0 Å². The molecule has 2 heterocycles. The van der Waals surface area contributed by atoms with Crippen molar-refractivity contribution in [3.05, 3.63) is 88.4 Å². The maximum absolute atomic E-state index is 12.8. The molecule has 0 bridgehead atoms. The summed E-state index contributed by atoms with van der Waals surface area (Å²) in [5.41, 5.74) is 1.29. The fraction of sp³-hybridized carbons (Fsp3) is 0.250. The first-order valence-electron chi connectivity index (χ1n) is 10.3. The van der Waals surface area contributed by atoms with E-state index in [1.807, 2.05) is 0 Å². The van der Waals surface area contributed by atoms with Crippen LogP contribution in [-0.2, 0) is 16.1 Å². The van der Waals surface area contributed by atoms with Gasteiger partial charge in [0.15, 0.2) is 12.2 Å². The Balaban J connectivity index is 1.61. The fourth-order valence-corrected chi connectivity index (χ4v) is 3.66. The summed E-state index contributed by atoms with van der Waals surface area (Å²) in [4.78, 5) is 16.9. The van der Waals surface area contributed by atoms with Gasteiger partial charge in [0.2, 0.25) is 5.78 Å². The topological polar surface area (TPSA) is 149 Å². The second-order valence-corrected chi connectivity index (χ2v) is 7.67. The number of hydrogen-bond donors (Lipinski definition) is 5. The lowest BCUT2D eigenvalue weighted by molar-refractivity contribution is -0.134. The quantitative estimate of drug-likeness (QED) is 0.457. The Morgan fingerprint density at radius 1 is 1.18 bits per heavy atom. The molecule has 9 heteroatoms. The van der Waals surface area contributed by atoms with Crippen LogP contribution in [0.1, 0.15) is 30.1 Å². The predicted molar refractivity (Wildman–Crippen MR) is 118 cm³/mol. The van der Waals surface area contributed by atoms with Crippen molar-refractivity contribution in [1.82, 2.24) is 0 Å². The number of carbonyl (C=O) groups excluding carboxylic acids is 1. The van der Waals surface area contributed by atoms with Gasteiger partial charge in [-0.2, -0.15) is 0 Å². The number of aliphatic imine (C=N–C) groups is 1. The summed E-state index contributed by atoms with van der Waals surface area (Å²) in [5.74, 6) is -0.847. The molecule has 3 aliphatic rings. The van der Waals surface area contributed by atoms with Crippen LogP contribution < -0.4 is 4.74 Å². The lowest BCUT2D eigenvalue weighted by Crippen LogP contribution is -2.36. The molecule has 0 amide bonds. The molecule has 0 saturated heterocycles. The van der Waals surface area contributed by atoms with Crippen molar-refractivity contribution in [3.63, 3.8) is 0 Å². The Hall–Kier alpha value is -3.82. The van der Waals surface area contributed by atoms with E-state index in [-0.39, 0.29) is 42.5 Å². The van der Waals surface area contributed by atoms with Gasteiger partial charge < -0.3 is 35.0 Å². The fourth-order valence-electron chi connectivity index (χ4n) is 3.66. The monoisotopic (exact) mass is 453 g/mol. The number of allylic oxidation sites excluding steroid dienone is 4. The zero-order valence-electron chi connectivity index (χ0n) is 17.5. The zero-order chi connectivity index (χ0) is 23.5. The highest BCUT2D eigenvalue weighted by atomic mass is 16.5. The number of nitrogens with zero attached hydrogens (tertiary/aromatic N) is 1. The molecule has 0 radical (unpaired) electrons. The summed E-state index contributed by atoms with van der Waals surface area (Å²) in [5, 5.41) is 49.8. The second-order valence-electron chi connectivity index (χ2n) is 7.67. The molecule has 9 nitrogen and oxygen atoms in total. The summed E-state index contributed by atoms with van der Waals surface area (Å²) in [6, 6.07) is 4.77. The van der Waals surface area contributed by atoms with E-state index in [1.165, 1.54) is 12.3 Å². The summed E-state index contributed by atoms with van der Waals surface area (Å²) >= 11 is 0. The molecular formula is C24H23NO8. The molecule has 0 aromatic heterocycles. The summed E-state index contributed by atoms with van der Waals surface area (Å²) in [6.45, 7) is -0.245. The predicted octanol–water partition coefficient (Wildman–Crippen LogP) is 2.90. The van der Waals surface area contributed by atoms with Crippen LogP contribution in [-0.4, -0.2) is 49.7 Å².